The van der Waals surface area contributed by atoms with Crippen molar-refractivity contribution in [2.24, 2.45) is 0 Å². The molecule has 1 atom stereocenters. The number of allylic oxidation sites excluding steroid dienone is 1. The van der Waals surface area contributed by atoms with Gasteiger partial charge in [0.15, 0.2) is 23.0 Å². The predicted molar refractivity (Wildman–Crippen MR) is 155 cm³/mol. The number of hydrogen-bond acceptors (Lipinski definition) is 6. The summed E-state index contributed by atoms with van der Waals surface area (Å²) >= 11 is 0. The molecular formula is C32H42N2O5. The van der Waals surface area contributed by atoms with Crippen LogP contribution in [-0.2, 0) is 9.59 Å². The summed E-state index contributed by atoms with van der Waals surface area (Å²) in [4.78, 5) is 30.6. The maximum absolute atomic E-state index is 13.5. The van der Waals surface area contributed by atoms with E-state index in [1.807, 2.05) is 42.5 Å². The van der Waals surface area contributed by atoms with Crippen LogP contribution in [0.4, 0.5) is 0 Å². The third kappa shape index (κ3) is 7.73. The molecule has 1 aliphatic rings. The molecule has 3 rings (SSSR count). The van der Waals surface area contributed by atoms with Crippen molar-refractivity contribution in [3.8, 4) is 11.5 Å². The van der Waals surface area contributed by atoms with E-state index in [2.05, 4.69) is 25.7 Å². The average Bonchev–Trinajstić information content (AvgIpc) is 3.22. The molecule has 210 valence electrons. The fourth-order valence-electron chi connectivity index (χ4n) is 4.82. The number of methoxy groups -OCH3 is 1. The summed E-state index contributed by atoms with van der Waals surface area (Å²) in [5, 5.41) is 10.9. The smallest absolute Gasteiger partial charge is 0.290 e. The van der Waals surface area contributed by atoms with Crippen LogP contribution in [0.2, 0.25) is 0 Å². The third-order valence-electron chi connectivity index (χ3n) is 7.07. The first-order valence-corrected chi connectivity index (χ1v) is 14.0. The number of unbranched alkanes of at least 4 members (excludes halogenated alkanes) is 2. The van der Waals surface area contributed by atoms with Crippen molar-refractivity contribution in [1.82, 2.24) is 9.80 Å². The van der Waals surface area contributed by atoms with Gasteiger partial charge < -0.3 is 24.4 Å². The minimum Gasteiger partial charge on any atom is -0.503 e. The van der Waals surface area contributed by atoms with Crippen LogP contribution in [0.15, 0.2) is 65.9 Å². The lowest BCUT2D eigenvalue weighted by atomic mass is 9.95. The zero-order valence-electron chi connectivity index (χ0n) is 23.7. The van der Waals surface area contributed by atoms with Gasteiger partial charge in [0.05, 0.1) is 25.3 Å². The van der Waals surface area contributed by atoms with Gasteiger partial charge in [-0.2, -0.15) is 0 Å². The van der Waals surface area contributed by atoms with E-state index in [-0.39, 0.29) is 5.57 Å². The van der Waals surface area contributed by atoms with Gasteiger partial charge in [-0.05, 0) is 61.8 Å². The van der Waals surface area contributed by atoms with Crippen LogP contribution in [0.5, 0.6) is 11.5 Å². The molecule has 1 N–H and O–H groups in total. The highest BCUT2D eigenvalue weighted by atomic mass is 16.5. The number of ether oxygens (including phenoxy) is 2. The van der Waals surface area contributed by atoms with E-state index in [0.717, 1.165) is 44.5 Å². The number of rotatable bonds is 16. The summed E-state index contributed by atoms with van der Waals surface area (Å²) in [6, 6.07) is 14.2. The Labute approximate surface area is 232 Å². The Morgan fingerprint density at radius 2 is 1.77 bits per heavy atom. The number of aliphatic hydroxyl groups is 1. The van der Waals surface area contributed by atoms with E-state index in [9.17, 15) is 14.7 Å². The highest BCUT2D eigenvalue weighted by Gasteiger charge is 2.42. The van der Waals surface area contributed by atoms with Crippen LogP contribution in [-0.4, -0.2) is 66.5 Å². The summed E-state index contributed by atoms with van der Waals surface area (Å²) in [5.41, 5.74) is 1.62. The normalized spacial score (nSPS) is 15.6. The summed E-state index contributed by atoms with van der Waals surface area (Å²) < 4.78 is 11.6. The Hall–Kier alpha value is -3.58. The van der Waals surface area contributed by atoms with Crippen LogP contribution in [0.25, 0.3) is 6.08 Å². The van der Waals surface area contributed by atoms with Gasteiger partial charge in [0, 0.05) is 6.54 Å². The first-order chi connectivity index (χ1) is 18.9. The standard InChI is InChI=1S/C32H42N2O5/c1-5-8-12-22-39-27-19-17-25(23-28(27)38-4)30-29(26(35)18-16-24-14-10-9-11-15-24)31(36)32(37)34(30)21-13-20-33(6-2)7-3/h9-11,14-19,23,30,36H,5-8,12-13,20-22H2,1-4H3. The minimum atomic E-state index is -0.731. The molecule has 0 bridgehead atoms. The molecule has 1 heterocycles. The number of carbonyl (C=O) groups is 2. The number of ketones is 1. The SMILES string of the molecule is CCCCCOc1ccc(C2C(C(=O)C=Cc3ccccc3)=C(O)C(=O)N2CCCN(CC)CC)cc1OC. The van der Waals surface area contributed by atoms with E-state index >= 15 is 0 Å². The molecule has 0 aromatic heterocycles. The van der Waals surface area contributed by atoms with Gasteiger partial charge in [0.25, 0.3) is 5.91 Å². The Morgan fingerprint density at radius 1 is 1.03 bits per heavy atom. The van der Waals surface area contributed by atoms with Gasteiger partial charge in [-0.25, -0.2) is 0 Å². The summed E-state index contributed by atoms with van der Waals surface area (Å²) in [5.74, 6) is -0.295. The number of carbonyl (C=O) groups excluding carboxylic acids is 2. The van der Waals surface area contributed by atoms with Gasteiger partial charge >= 0.3 is 0 Å². The van der Waals surface area contributed by atoms with Crippen LogP contribution < -0.4 is 9.47 Å². The summed E-state index contributed by atoms with van der Waals surface area (Å²) in [6.45, 7) is 9.99. The molecule has 0 saturated carbocycles. The predicted octanol–water partition coefficient (Wildman–Crippen LogP) is 5.97. The topological polar surface area (TPSA) is 79.3 Å². The molecule has 0 radical (unpaired) electrons. The summed E-state index contributed by atoms with van der Waals surface area (Å²) in [6.07, 6.45) is 6.96. The fourth-order valence-corrected chi connectivity index (χ4v) is 4.82. The van der Waals surface area contributed by atoms with Crippen molar-refractivity contribution >= 4 is 17.8 Å². The monoisotopic (exact) mass is 534 g/mol. The molecular weight excluding hydrogens is 492 g/mol. The first-order valence-electron chi connectivity index (χ1n) is 14.0. The van der Waals surface area contributed by atoms with Gasteiger partial charge in [-0.3, -0.25) is 9.59 Å². The summed E-state index contributed by atoms with van der Waals surface area (Å²) in [7, 11) is 1.57. The van der Waals surface area contributed by atoms with E-state index in [0.29, 0.717) is 36.6 Å². The number of nitrogens with zero attached hydrogens (tertiary/aromatic N) is 2. The van der Waals surface area contributed by atoms with Crippen molar-refractivity contribution in [2.75, 3.05) is 39.9 Å². The average molecular weight is 535 g/mol. The van der Waals surface area contributed by atoms with Crippen molar-refractivity contribution < 1.29 is 24.2 Å². The minimum absolute atomic E-state index is 0.0775. The molecule has 2 aromatic rings. The zero-order valence-corrected chi connectivity index (χ0v) is 23.7. The van der Waals surface area contributed by atoms with Gasteiger partial charge in [-0.15, -0.1) is 0 Å². The zero-order chi connectivity index (χ0) is 28.2. The molecule has 39 heavy (non-hydrogen) atoms. The number of aliphatic hydroxyl groups excluding tert-OH is 1. The van der Waals surface area contributed by atoms with E-state index in [1.54, 1.807) is 24.2 Å². The van der Waals surface area contributed by atoms with Gasteiger partial charge in [-0.1, -0.05) is 76.1 Å². The number of hydrogen-bond donors (Lipinski definition) is 1. The Balaban J connectivity index is 1.93. The molecule has 1 unspecified atom stereocenters. The van der Waals surface area contributed by atoms with Crippen LogP contribution in [0.3, 0.4) is 0 Å². The largest absolute Gasteiger partial charge is 0.503 e. The lowest BCUT2D eigenvalue weighted by Gasteiger charge is -2.28. The number of amides is 1. The van der Waals surface area contributed by atoms with Crippen molar-refractivity contribution in [2.45, 2.75) is 52.5 Å². The highest BCUT2D eigenvalue weighted by Crippen LogP contribution is 2.41. The molecule has 0 fully saturated rings. The second-order valence-corrected chi connectivity index (χ2v) is 9.62. The van der Waals surface area contributed by atoms with Crippen LogP contribution >= 0.6 is 0 Å². The molecule has 2 aromatic carbocycles. The van der Waals surface area contributed by atoms with Gasteiger partial charge in [0.2, 0.25) is 0 Å². The van der Waals surface area contributed by atoms with E-state index < -0.39 is 23.5 Å². The van der Waals surface area contributed by atoms with E-state index in [1.165, 1.54) is 6.08 Å². The molecule has 0 aliphatic carbocycles. The van der Waals surface area contributed by atoms with E-state index in [4.69, 9.17) is 9.47 Å². The second-order valence-electron chi connectivity index (χ2n) is 9.62. The van der Waals surface area contributed by atoms with Crippen molar-refractivity contribution in [1.29, 1.82) is 0 Å². The van der Waals surface area contributed by atoms with Crippen molar-refractivity contribution in [3.63, 3.8) is 0 Å². The highest BCUT2D eigenvalue weighted by molar-refractivity contribution is 6.14. The Kier molecular flexibility index (Phi) is 11.6. The second kappa shape index (κ2) is 15.1. The lowest BCUT2D eigenvalue weighted by Crippen LogP contribution is -2.34. The van der Waals surface area contributed by atoms with Crippen molar-refractivity contribution in [3.05, 3.63) is 77.1 Å². The maximum atomic E-state index is 13.5. The number of benzene rings is 2. The molecule has 0 spiro atoms. The third-order valence-corrected chi connectivity index (χ3v) is 7.07. The van der Waals surface area contributed by atoms with Crippen LogP contribution in [0.1, 0.15) is 63.6 Å². The molecule has 1 amide bonds. The first kappa shape index (κ1) is 30.0. The molecule has 7 heteroatoms. The lowest BCUT2D eigenvalue weighted by molar-refractivity contribution is -0.129. The fraction of sp³-hybridized carbons (Fsp3) is 0.438. The molecule has 7 nitrogen and oxygen atoms in total. The molecule has 1 aliphatic heterocycles. The quantitative estimate of drug-likeness (QED) is 0.211. The Morgan fingerprint density at radius 3 is 2.44 bits per heavy atom. The van der Waals surface area contributed by atoms with Crippen LogP contribution in [0, 0.1) is 0 Å². The maximum Gasteiger partial charge on any atom is 0.290 e. The van der Waals surface area contributed by atoms with Gasteiger partial charge in [0.1, 0.15) is 0 Å². The Bertz CT molecular complexity index is 1150. The molecule has 0 saturated heterocycles.